The molecule has 6 nitrogen and oxygen atoms in total. The maximum atomic E-state index is 12.0. The van der Waals surface area contributed by atoms with Crippen molar-refractivity contribution in [2.24, 2.45) is 0 Å². The van der Waals surface area contributed by atoms with Gasteiger partial charge in [-0.3, -0.25) is 10.5 Å². The van der Waals surface area contributed by atoms with Crippen molar-refractivity contribution in [3.8, 4) is 12.1 Å². The van der Waals surface area contributed by atoms with Crippen LogP contribution < -0.4 is 16.0 Å². The zero-order valence-electron chi connectivity index (χ0n) is 13.7. The predicted molar refractivity (Wildman–Crippen MR) is 95.4 cm³/mol. The second kappa shape index (κ2) is 8.72. The van der Waals surface area contributed by atoms with Gasteiger partial charge < -0.3 is 5.32 Å². The molecule has 0 aliphatic carbocycles. The van der Waals surface area contributed by atoms with Gasteiger partial charge in [0.1, 0.15) is 23.3 Å². The Bertz CT molecular complexity index is 839. The summed E-state index contributed by atoms with van der Waals surface area (Å²) in [6, 6.07) is 15.3. The number of hydrogen-bond donors (Lipinski definition) is 2. The summed E-state index contributed by atoms with van der Waals surface area (Å²) in [5.41, 5.74) is 7.39. The third-order valence-electron chi connectivity index (χ3n) is 3.63. The third kappa shape index (κ3) is 4.97. The Balaban J connectivity index is 1.91. The highest BCUT2D eigenvalue weighted by atomic mass is 32.2. The number of pyridine rings is 1. The molecular formula is C18H18N5OS+. The first kappa shape index (κ1) is 18.3. The minimum absolute atomic E-state index is 0.131. The molecule has 1 heterocycles. The summed E-state index contributed by atoms with van der Waals surface area (Å²) in [5.74, 6) is 0.412. The lowest BCUT2D eigenvalue weighted by molar-refractivity contribution is -0.410. The summed E-state index contributed by atoms with van der Waals surface area (Å²) < 4.78 is 0. The summed E-state index contributed by atoms with van der Waals surface area (Å²) in [7, 11) is 0. The number of aromatic amines is 1. The molecule has 0 radical (unpaired) electrons. The van der Waals surface area contributed by atoms with E-state index in [1.54, 1.807) is 0 Å². The SMILES string of the molecule is C[C@H](CNC(=O)CSc1[nH+]c(N)c(C#N)cc1C#N)c1ccccc1. The largest absolute Gasteiger partial charge is 0.355 e. The lowest BCUT2D eigenvalue weighted by Crippen LogP contribution is -2.29. The number of nitriles is 2. The number of thioether (sulfide) groups is 1. The van der Waals surface area contributed by atoms with Crippen molar-refractivity contribution in [2.45, 2.75) is 17.9 Å². The fraction of sp³-hybridized carbons (Fsp3) is 0.222. The molecular weight excluding hydrogens is 334 g/mol. The summed E-state index contributed by atoms with van der Waals surface area (Å²) in [5, 5.41) is 21.5. The van der Waals surface area contributed by atoms with E-state index in [0.717, 1.165) is 5.56 Å². The van der Waals surface area contributed by atoms with E-state index in [0.29, 0.717) is 17.1 Å². The number of nitrogens with one attached hydrogen (secondary N) is 2. The highest BCUT2D eigenvalue weighted by Gasteiger charge is 2.16. The molecule has 0 saturated carbocycles. The molecule has 0 bridgehead atoms. The van der Waals surface area contributed by atoms with E-state index in [2.05, 4.69) is 10.3 Å². The number of aromatic nitrogens is 1. The standard InChI is InChI=1S/C18H17N5OS/c1-12(13-5-3-2-4-6-13)10-22-16(24)11-25-18-15(9-20)7-14(8-19)17(21)23-18/h2-7,12H,10-11H2,1H3,(H2,21,23)(H,22,24)/p+1/t12-/m1/s1. The summed E-state index contributed by atoms with van der Waals surface area (Å²) >= 11 is 1.18. The maximum Gasteiger partial charge on any atom is 0.289 e. The van der Waals surface area contributed by atoms with Crippen molar-refractivity contribution in [3.05, 3.63) is 53.1 Å². The smallest absolute Gasteiger partial charge is 0.289 e. The number of amides is 1. The minimum atomic E-state index is -0.131. The van der Waals surface area contributed by atoms with Crippen LogP contribution in [0.1, 0.15) is 29.5 Å². The number of benzene rings is 1. The molecule has 0 aliphatic rings. The molecule has 1 aromatic carbocycles. The van der Waals surface area contributed by atoms with Gasteiger partial charge in [-0.05, 0) is 17.5 Å². The number of H-pyrrole nitrogens is 1. The molecule has 1 atom stereocenters. The van der Waals surface area contributed by atoms with E-state index >= 15 is 0 Å². The Hall–Kier alpha value is -3.03. The van der Waals surface area contributed by atoms with Gasteiger partial charge in [0.05, 0.1) is 5.75 Å². The molecule has 0 spiro atoms. The van der Waals surface area contributed by atoms with Crippen LogP contribution in [0.25, 0.3) is 0 Å². The van der Waals surface area contributed by atoms with Crippen molar-refractivity contribution in [1.82, 2.24) is 5.32 Å². The Morgan fingerprint density at radius 3 is 2.60 bits per heavy atom. The molecule has 4 N–H and O–H groups in total. The van der Waals surface area contributed by atoms with Gasteiger partial charge in [0, 0.05) is 6.54 Å². The van der Waals surface area contributed by atoms with E-state index < -0.39 is 0 Å². The Morgan fingerprint density at radius 2 is 1.96 bits per heavy atom. The first-order valence-electron chi connectivity index (χ1n) is 7.65. The lowest BCUT2D eigenvalue weighted by atomic mass is 10.0. The summed E-state index contributed by atoms with van der Waals surface area (Å²) in [6.07, 6.45) is 0. The molecule has 1 aromatic heterocycles. The van der Waals surface area contributed by atoms with Crippen LogP contribution in [-0.2, 0) is 4.79 Å². The zero-order chi connectivity index (χ0) is 18.2. The monoisotopic (exact) mass is 352 g/mol. The van der Waals surface area contributed by atoms with Crippen LogP contribution in [0.4, 0.5) is 5.82 Å². The fourth-order valence-electron chi connectivity index (χ4n) is 2.19. The quantitative estimate of drug-likeness (QED) is 0.769. The van der Waals surface area contributed by atoms with Crippen molar-refractivity contribution >= 4 is 23.5 Å². The summed E-state index contributed by atoms with van der Waals surface area (Å²) in [4.78, 5) is 14.9. The second-order valence-corrected chi connectivity index (χ2v) is 6.45. The number of anilines is 1. The summed E-state index contributed by atoms with van der Waals surface area (Å²) in [6.45, 7) is 2.58. The van der Waals surface area contributed by atoms with Crippen molar-refractivity contribution in [1.29, 1.82) is 10.5 Å². The number of nitrogens with two attached hydrogens (primary N) is 1. The molecule has 0 fully saturated rings. The van der Waals surface area contributed by atoms with Crippen LogP contribution in [0.5, 0.6) is 0 Å². The van der Waals surface area contributed by atoms with Gasteiger partial charge in [-0.1, -0.05) is 49.0 Å². The highest BCUT2D eigenvalue weighted by Crippen LogP contribution is 2.20. The van der Waals surface area contributed by atoms with Gasteiger partial charge in [-0.2, -0.15) is 10.5 Å². The van der Waals surface area contributed by atoms with Gasteiger partial charge in [-0.25, -0.2) is 4.98 Å². The first-order chi connectivity index (χ1) is 12.0. The van der Waals surface area contributed by atoms with Crippen molar-refractivity contribution in [2.75, 3.05) is 18.0 Å². The molecule has 0 saturated heterocycles. The molecule has 126 valence electrons. The minimum Gasteiger partial charge on any atom is -0.355 e. The van der Waals surface area contributed by atoms with Crippen molar-refractivity contribution < 1.29 is 9.78 Å². The molecule has 25 heavy (non-hydrogen) atoms. The number of carbonyl (C=O) groups is 1. The van der Waals surface area contributed by atoms with Crippen molar-refractivity contribution in [3.63, 3.8) is 0 Å². The fourth-order valence-corrected chi connectivity index (χ4v) is 3.01. The second-order valence-electron chi connectivity index (χ2n) is 5.47. The molecule has 2 aromatic rings. The zero-order valence-corrected chi connectivity index (χ0v) is 14.6. The number of nitrogen functional groups attached to an aromatic ring is 1. The average molecular weight is 352 g/mol. The molecule has 2 rings (SSSR count). The number of rotatable bonds is 6. The average Bonchev–Trinajstić information content (AvgIpc) is 2.65. The van der Waals surface area contributed by atoms with E-state index in [-0.39, 0.29) is 29.0 Å². The topological polar surface area (TPSA) is 117 Å². The molecule has 0 unspecified atom stereocenters. The Kier molecular flexibility index (Phi) is 6.39. The molecule has 7 heteroatoms. The van der Waals surface area contributed by atoms with Crippen LogP contribution in [0.15, 0.2) is 41.4 Å². The maximum absolute atomic E-state index is 12.0. The normalized spacial score (nSPS) is 11.2. The van der Waals surface area contributed by atoms with Crippen LogP contribution in [0, 0.1) is 22.7 Å². The number of hydrogen-bond acceptors (Lipinski definition) is 5. The Labute approximate surface area is 150 Å². The number of nitrogens with zero attached hydrogens (tertiary/aromatic N) is 2. The van der Waals surface area contributed by atoms with Crippen LogP contribution >= 0.6 is 11.8 Å². The molecule has 1 amide bonds. The van der Waals surface area contributed by atoms with Crippen LogP contribution in [0.2, 0.25) is 0 Å². The van der Waals surface area contributed by atoms with Gasteiger partial charge >= 0.3 is 0 Å². The highest BCUT2D eigenvalue weighted by molar-refractivity contribution is 7.99. The van der Waals surface area contributed by atoms with Crippen LogP contribution in [-0.4, -0.2) is 18.2 Å². The predicted octanol–water partition coefficient (Wildman–Crippen LogP) is 1.84. The van der Waals surface area contributed by atoms with Crippen LogP contribution in [0.3, 0.4) is 0 Å². The van der Waals surface area contributed by atoms with Gasteiger partial charge in [-0.15, -0.1) is 0 Å². The van der Waals surface area contributed by atoms with E-state index in [1.165, 1.54) is 17.8 Å². The van der Waals surface area contributed by atoms with Gasteiger partial charge in [0.2, 0.25) is 5.91 Å². The van der Waals surface area contributed by atoms with Gasteiger partial charge in [0.25, 0.3) is 5.82 Å². The van der Waals surface area contributed by atoms with E-state index in [1.807, 2.05) is 49.4 Å². The Morgan fingerprint density at radius 1 is 1.28 bits per heavy atom. The lowest BCUT2D eigenvalue weighted by Gasteiger charge is -2.12. The first-order valence-corrected chi connectivity index (χ1v) is 8.64. The van der Waals surface area contributed by atoms with E-state index in [4.69, 9.17) is 16.3 Å². The molecule has 0 aliphatic heterocycles. The number of carbonyl (C=O) groups excluding carboxylic acids is 1. The third-order valence-corrected chi connectivity index (χ3v) is 4.65. The van der Waals surface area contributed by atoms with Gasteiger partial charge in [0.15, 0.2) is 5.03 Å². The van der Waals surface area contributed by atoms with E-state index in [9.17, 15) is 4.79 Å².